The van der Waals surface area contributed by atoms with Gasteiger partial charge in [0, 0.05) is 18.0 Å². The highest BCUT2D eigenvalue weighted by atomic mass is 32.2. The molecule has 4 aromatic heterocycles. The zero-order chi connectivity index (χ0) is 30.3. The summed E-state index contributed by atoms with van der Waals surface area (Å²) in [5.41, 5.74) is 7.29. The molecule has 0 radical (unpaired) electrons. The molecule has 1 aliphatic rings. The van der Waals surface area contributed by atoms with E-state index < -0.39 is 53.1 Å². The van der Waals surface area contributed by atoms with Crippen LogP contribution in [0.2, 0.25) is 0 Å². The van der Waals surface area contributed by atoms with Crippen LogP contribution in [-0.2, 0) is 19.2 Å². The monoisotopic (exact) mass is 610 g/mol. The predicted octanol–water partition coefficient (Wildman–Crippen LogP) is -0.933. The van der Waals surface area contributed by atoms with E-state index in [0.717, 1.165) is 0 Å². The third-order valence-corrected chi connectivity index (χ3v) is 7.34. The summed E-state index contributed by atoms with van der Waals surface area (Å²) in [5, 5.41) is 39.3. The molecule has 0 aliphatic carbocycles. The van der Waals surface area contributed by atoms with Crippen molar-refractivity contribution < 1.29 is 37.5 Å². The van der Waals surface area contributed by atoms with Gasteiger partial charge in [-0.15, -0.1) is 5.10 Å². The van der Waals surface area contributed by atoms with E-state index in [1.54, 1.807) is 35.4 Å². The Labute approximate surface area is 241 Å². The molecule has 5 heterocycles. The van der Waals surface area contributed by atoms with Crippen molar-refractivity contribution in [2.75, 3.05) is 12.3 Å². The Bertz CT molecular complexity index is 1920. The molecule has 0 bridgehead atoms. The number of carbonyl (C=O) groups is 1. The van der Waals surface area contributed by atoms with E-state index in [-0.39, 0.29) is 28.5 Å². The predicted molar refractivity (Wildman–Crippen MR) is 144 cm³/mol. The number of amides is 1. The molecule has 1 aromatic carbocycles. The number of aromatic nitrogens is 8. The fourth-order valence-corrected chi connectivity index (χ4v) is 5.05. The molecule has 43 heavy (non-hydrogen) atoms. The number of nitrogens with zero attached hydrogens (tertiary/aromatic N) is 8. The zero-order valence-electron chi connectivity index (χ0n) is 21.7. The second kappa shape index (κ2) is 11.0. The van der Waals surface area contributed by atoms with Crippen molar-refractivity contribution in [3.8, 4) is 23.0 Å². The Balaban J connectivity index is 1.20. The van der Waals surface area contributed by atoms with E-state index in [1.165, 1.54) is 39.8 Å². The van der Waals surface area contributed by atoms with Crippen molar-refractivity contribution in [1.29, 1.82) is 0 Å². The molecule has 0 unspecified atom stereocenters. The number of ether oxygens (including phenoxy) is 1. The van der Waals surface area contributed by atoms with E-state index in [2.05, 4.69) is 30.2 Å². The second-order valence-corrected chi connectivity index (χ2v) is 10.6. The SMILES string of the molecule is Nc1nc(-n2cc(-c3cccnc3)nn2)nc2c1ncn2[C@@H]1O[C@H](COS(=O)(=O)NC(=O)c2ccccc2O)[C@@H](O)[C@H]1O. The number of anilines is 1. The maximum absolute atomic E-state index is 12.4. The van der Waals surface area contributed by atoms with Gasteiger partial charge in [-0.25, -0.2) is 9.71 Å². The van der Waals surface area contributed by atoms with Crippen molar-refractivity contribution in [2.24, 2.45) is 0 Å². The van der Waals surface area contributed by atoms with Crippen molar-refractivity contribution >= 4 is 33.2 Å². The number of carbonyl (C=O) groups excluding carboxylic acids is 1. The third kappa shape index (κ3) is 5.45. The van der Waals surface area contributed by atoms with Gasteiger partial charge >= 0.3 is 10.3 Å². The summed E-state index contributed by atoms with van der Waals surface area (Å²) >= 11 is 0. The molecule has 0 saturated carbocycles. The number of para-hydroxylation sites is 1. The molecular formula is C24H22N10O8S. The average Bonchev–Trinajstić information content (AvgIpc) is 3.71. The van der Waals surface area contributed by atoms with Crippen LogP contribution in [0.5, 0.6) is 5.75 Å². The fourth-order valence-electron chi connectivity index (χ4n) is 4.34. The van der Waals surface area contributed by atoms with E-state index in [0.29, 0.717) is 11.3 Å². The number of phenolic OH excluding ortho intramolecular Hbond substituents is 1. The molecule has 18 nitrogen and oxygen atoms in total. The van der Waals surface area contributed by atoms with Crippen molar-refractivity contribution in [1.82, 2.24) is 44.2 Å². The molecule has 0 spiro atoms. The van der Waals surface area contributed by atoms with Gasteiger partial charge in [-0.2, -0.15) is 23.1 Å². The van der Waals surface area contributed by atoms with Crippen molar-refractivity contribution in [2.45, 2.75) is 24.5 Å². The van der Waals surface area contributed by atoms with Crippen LogP contribution < -0.4 is 10.5 Å². The van der Waals surface area contributed by atoms with Crippen LogP contribution in [0.4, 0.5) is 5.82 Å². The molecule has 1 aliphatic heterocycles. The first-order valence-corrected chi connectivity index (χ1v) is 13.9. The summed E-state index contributed by atoms with van der Waals surface area (Å²) in [6, 6.07) is 8.85. The van der Waals surface area contributed by atoms with Crippen LogP contribution >= 0.6 is 0 Å². The normalized spacial score (nSPS) is 20.4. The zero-order valence-corrected chi connectivity index (χ0v) is 22.6. The van der Waals surface area contributed by atoms with Gasteiger partial charge in [0.1, 0.15) is 35.3 Å². The number of nitrogens with one attached hydrogen (secondary N) is 1. The lowest BCUT2D eigenvalue weighted by molar-refractivity contribution is -0.0468. The highest BCUT2D eigenvalue weighted by Crippen LogP contribution is 2.33. The van der Waals surface area contributed by atoms with Gasteiger partial charge in [0.25, 0.3) is 11.9 Å². The Morgan fingerprint density at radius 3 is 2.72 bits per heavy atom. The fraction of sp³-hybridized carbons (Fsp3) is 0.208. The minimum absolute atomic E-state index is 0.0172. The van der Waals surface area contributed by atoms with Crippen LogP contribution in [0.15, 0.2) is 61.3 Å². The standard InChI is InChI=1S/C24H22N10O8S/c25-20-17-21(29-24(28-20)34-9-14(30-32-34)12-4-3-7-26-8-12)33(11-27-17)23-19(37)18(36)16(42-23)10-41-43(39,40)31-22(38)13-5-1-2-6-15(13)35/h1-9,11,16,18-19,23,35-37H,10H2,(H,31,38)(H2,25,28,29)/t16-,18-,19-,23-/m1/s1. The van der Waals surface area contributed by atoms with Gasteiger partial charge in [-0.1, -0.05) is 17.3 Å². The Morgan fingerprint density at radius 1 is 1.14 bits per heavy atom. The van der Waals surface area contributed by atoms with Crippen molar-refractivity contribution in [3.05, 3.63) is 66.9 Å². The topological polar surface area (TPSA) is 256 Å². The molecule has 222 valence electrons. The van der Waals surface area contributed by atoms with Crippen LogP contribution in [0.3, 0.4) is 0 Å². The van der Waals surface area contributed by atoms with Gasteiger partial charge in [-0.05, 0) is 24.3 Å². The van der Waals surface area contributed by atoms with E-state index >= 15 is 0 Å². The number of pyridine rings is 1. The molecule has 6 N–H and O–H groups in total. The highest BCUT2D eigenvalue weighted by molar-refractivity contribution is 7.85. The second-order valence-electron chi connectivity index (χ2n) is 9.26. The number of nitrogen functional groups attached to an aromatic ring is 1. The molecular weight excluding hydrogens is 588 g/mol. The number of fused-ring (bicyclic) bond motifs is 1. The van der Waals surface area contributed by atoms with Gasteiger partial charge in [-0.3, -0.25) is 18.5 Å². The third-order valence-electron chi connectivity index (χ3n) is 6.46. The molecule has 1 amide bonds. The molecule has 5 aromatic rings. The van der Waals surface area contributed by atoms with E-state index in [4.69, 9.17) is 14.7 Å². The lowest BCUT2D eigenvalue weighted by Crippen LogP contribution is -2.37. The maximum Gasteiger partial charge on any atom is 0.362 e. The molecule has 1 saturated heterocycles. The number of hydrogen-bond acceptors (Lipinski definition) is 15. The number of phenols is 1. The number of benzene rings is 1. The molecule has 19 heteroatoms. The van der Waals surface area contributed by atoms with Gasteiger partial charge < -0.3 is 25.8 Å². The summed E-state index contributed by atoms with van der Waals surface area (Å²) in [5.74, 6) is -1.57. The summed E-state index contributed by atoms with van der Waals surface area (Å²) in [7, 11) is -4.70. The first-order chi connectivity index (χ1) is 20.6. The summed E-state index contributed by atoms with van der Waals surface area (Å²) in [4.78, 5) is 29.2. The number of nitrogens with two attached hydrogens (primary N) is 1. The van der Waals surface area contributed by atoms with Crippen LogP contribution in [0, 0.1) is 0 Å². The van der Waals surface area contributed by atoms with E-state index in [1.807, 2.05) is 0 Å². The van der Waals surface area contributed by atoms with Crippen LogP contribution in [0.25, 0.3) is 28.4 Å². The Hall–Kier alpha value is -5.08. The quantitative estimate of drug-likeness (QED) is 0.142. The average molecular weight is 611 g/mol. The van der Waals surface area contributed by atoms with Crippen LogP contribution in [0.1, 0.15) is 16.6 Å². The lowest BCUT2D eigenvalue weighted by atomic mass is 10.1. The van der Waals surface area contributed by atoms with Gasteiger partial charge in [0.15, 0.2) is 17.7 Å². The number of hydrogen-bond donors (Lipinski definition) is 5. The number of rotatable bonds is 8. The molecule has 1 fully saturated rings. The lowest BCUT2D eigenvalue weighted by Gasteiger charge is -2.16. The minimum atomic E-state index is -4.70. The number of aliphatic hydroxyl groups is 2. The summed E-state index contributed by atoms with van der Waals surface area (Å²) in [6.45, 7) is -0.775. The molecule has 6 rings (SSSR count). The minimum Gasteiger partial charge on any atom is -0.507 e. The van der Waals surface area contributed by atoms with Gasteiger partial charge in [0.05, 0.1) is 24.7 Å². The van der Waals surface area contributed by atoms with Gasteiger partial charge in [0.2, 0.25) is 0 Å². The largest absolute Gasteiger partial charge is 0.507 e. The number of aliphatic hydroxyl groups excluding tert-OH is 2. The first kappa shape index (κ1) is 28.1. The Morgan fingerprint density at radius 2 is 1.95 bits per heavy atom. The Kier molecular flexibility index (Phi) is 7.15. The van der Waals surface area contributed by atoms with Crippen LogP contribution in [-0.4, -0.2) is 94.1 Å². The number of aromatic hydroxyl groups is 1. The van der Waals surface area contributed by atoms with Crippen molar-refractivity contribution in [3.63, 3.8) is 0 Å². The first-order valence-electron chi connectivity index (χ1n) is 12.5. The van der Waals surface area contributed by atoms with E-state index in [9.17, 15) is 28.5 Å². The summed E-state index contributed by atoms with van der Waals surface area (Å²) in [6.07, 6.45) is 0.217. The number of imidazole rings is 1. The smallest absolute Gasteiger partial charge is 0.362 e. The summed E-state index contributed by atoms with van der Waals surface area (Å²) < 4.78 is 39.5. The molecule has 4 atom stereocenters. The highest BCUT2D eigenvalue weighted by Gasteiger charge is 2.45. The maximum atomic E-state index is 12.4.